The molecule has 8 nitrogen and oxygen atoms in total. The molecule has 1 atom stereocenters. The number of aromatic nitrogens is 1. The minimum atomic E-state index is -1.04. The van der Waals surface area contributed by atoms with E-state index in [1.807, 2.05) is 12.1 Å². The molecule has 30 heavy (non-hydrogen) atoms. The van der Waals surface area contributed by atoms with E-state index in [-0.39, 0.29) is 23.9 Å². The van der Waals surface area contributed by atoms with Gasteiger partial charge in [-0.3, -0.25) is 4.79 Å². The Morgan fingerprint density at radius 2 is 1.83 bits per heavy atom. The molecule has 0 aliphatic heterocycles. The number of rotatable bonds is 6. The highest BCUT2D eigenvalue weighted by atomic mass is 16.7. The van der Waals surface area contributed by atoms with Gasteiger partial charge in [-0.1, -0.05) is 30.3 Å². The summed E-state index contributed by atoms with van der Waals surface area (Å²) in [4.78, 5) is 28.5. The lowest BCUT2D eigenvalue weighted by Crippen LogP contribution is -2.34. The highest BCUT2D eigenvalue weighted by molar-refractivity contribution is 5.88. The van der Waals surface area contributed by atoms with Gasteiger partial charge in [0, 0.05) is 24.0 Å². The molecule has 0 bridgehead atoms. The number of phenolic OH excluding ortho intramolecular Hbond substituents is 1. The van der Waals surface area contributed by atoms with Crippen LogP contribution in [0.2, 0.25) is 0 Å². The number of hydrogen-bond acceptors (Lipinski definition) is 7. The zero-order chi connectivity index (χ0) is 21.3. The molecule has 2 aromatic carbocycles. The van der Waals surface area contributed by atoms with E-state index in [1.165, 1.54) is 29.3 Å². The molecule has 0 radical (unpaired) electrons. The number of nitrogens with zero attached hydrogens (tertiary/aromatic N) is 1. The van der Waals surface area contributed by atoms with Crippen molar-refractivity contribution in [2.24, 2.45) is 0 Å². The van der Waals surface area contributed by atoms with Crippen LogP contribution < -0.4 is 15.7 Å². The summed E-state index contributed by atoms with van der Waals surface area (Å²) in [5.41, 5.74) is 2.34. The van der Waals surface area contributed by atoms with Crippen LogP contribution in [-0.2, 0) is 17.6 Å². The summed E-state index contributed by atoms with van der Waals surface area (Å²) in [5, 5.41) is 33.7. The van der Waals surface area contributed by atoms with Crippen LogP contribution in [0.15, 0.2) is 53.3 Å². The van der Waals surface area contributed by atoms with Gasteiger partial charge in [0.25, 0.3) is 5.56 Å². The zero-order valence-corrected chi connectivity index (χ0v) is 16.1. The molecule has 1 unspecified atom stereocenters. The molecular formula is C22H22N2O6. The molecule has 0 amide bonds. The van der Waals surface area contributed by atoms with E-state index in [0.717, 1.165) is 12.8 Å². The monoisotopic (exact) mass is 410 g/mol. The van der Waals surface area contributed by atoms with Gasteiger partial charge in [-0.25, -0.2) is 4.79 Å². The summed E-state index contributed by atoms with van der Waals surface area (Å²) < 4.78 is 0.625. The van der Waals surface area contributed by atoms with Gasteiger partial charge in [0.1, 0.15) is 17.9 Å². The number of pyridine rings is 1. The number of aliphatic hydroxyl groups excluding tert-OH is 2. The number of phenols is 1. The van der Waals surface area contributed by atoms with Gasteiger partial charge >= 0.3 is 5.97 Å². The van der Waals surface area contributed by atoms with E-state index in [0.29, 0.717) is 15.7 Å². The number of fused-ring (bicyclic) bond motifs is 2. The Balaban J connectivity index is 1.58. The van der Waals surface area contributed by atoms with Gasteiger partial charge in [-0.05, 0) is 41.7 Å². The molecule has 0 saturated heterocycles. The largest absolute Gasteiger partial charge is 0.506 e. The van der Waals surface area contributed by atoms with E-state index in [4.69, 9.17) is 9.94 Å². The third-order valence-electron chi connectivity index (χ3n) is 5.36. The molecule has 3 aromatic rings. The Kier molecular flexibility index (Phi) is 5.54. The predicted molar refractivity (Wildman–Crippen MR) is 109 cm³/mol. The van der Waals surface area contributed by atoms with E-state index in [1.54, 1.807) is 6.07 Å². The first-order valence-corrected chi connectivity index (χ1v) is 9.66. The molecule has 1 aliphatic rings. The second kappa shape index (κ2) is 8.27. The lowest BCUT2D eigenvalue weighted by Gasteiger charge is -2.19. The average Bonchev–Trinajstić information content (AvgIpc) is 3.17. The number of aromatic hydroxyl groups is 1. The standard InChI is InChI=1S/C22H22N2O6/c25-12-21(29)30-24-20(28)8-6-17-16(5-7-18(26)22(17)24)19(27)11-23-15-9-13-3-1-2-4-14(13)10-15/h1-8,15,19,23,25-27H,9-12H2. The van der Waals surface area contributed by atoms with E-state index in [9.17, 15) is 19.8 Å². The van der Waals surface area contributed by atoms with Crippen LogP contribution in [0.4, 0.5) is 0 Å². The number of hydrogen-bond donors (Lipinski definition) is 4. The molecule has 156 valence electrons. The van der Waals surface area contributed by atoms with E-state index in [2.05, 4.69) is 17.4 Å². The van der Waals surface area contributed by atoms with Crippen LogP contribution >= 0.6 is 0 Å². The SMILES string of the molecule is O=C(CO)On1c(=O)ccc2c(C(O)CNC3Cc4ccccc4C3)ccc(O)c21. The zero-order valence-electron chi connectivity index (χ0n) is 16.1. The van der Waals surface area contributed by atoms with Crippen LogP contribution in [0, 0.1) is 0 Å². The number of nitrogens with one attached hydrogen (secondary N) is 1. The fourth-order valence-electron chi connectivity index (χ4n) is 3.94. The Morgan fingerprint density at radius 1 is 1.13 bits per heavy atom. The van der Waals surface area contributed by atoms with Crippen LogP contribution in [0.5, 0.6) is 5.75 Å². The van der Waals surface area contributed by atoms with Gasteiger partial charge in [-0.2, -0.15) is 0 Å². The first kappa shape index (κ1) is 20.1. The third kappa shape index (κ3) is 3.80. The molecule has 0 fully saturated rings. The van der Waals surface area contributed by atoms with Crippen LogP contribution in [0.1, 0.15) is 22.8 Å². The molecule has 8 heteroatoms. The van der Waals surface area contributed by atoms with Gasteiger partial charge in [0.05, 0.1) is 6.10 Å². The second-order valence-corrected chi connectivity index (χ2v) is 7.32. The van der Waals surface area contributed by atoms with Crippen molar-refractivity contribution < 1.29 is 25.0 Å². The lowest BCUT2D eigenvalue weighted by atomic mass is 10.0. The Bertz CT molecular complexity index is 1130. The number of aliphatic hydroxyl groups is 2. The van der Waals surface area contributed by atoms with Crippen LogP contribution in [0.3, 0.4) is 0 Å². The van der Waals surface area contributed by atoms with Crippen molar-refractivity contribution in [2.75, 3.05) is 13.2 Å². The first-order valence-electron chi connectivity index (χ1n) is 9.66. The maximum Gasteiger partial charge on any atom is 0.358 e. The van der Waals surface area contributed by atoms with Crippen molar-refractivity contribution in [3.63, 3.8) is 0 Å². The highest BCUT2D eigenvalue weighted by Gasteiger charge is 2.23. The molecule has 1 aromatic heterocycles. The fraction of sp³-hybridized carbons (Fsp3) is 0.273. The van der Waals surface area contributed by atoms with Gasteiger partial charge < -0.3 is 25.5 Å². The molecule has 1 aliphatic carbocycles. The van der Waals surface area contributed by atoms with Crippen molar-refractivity contribution in [1.29, 1.82) is 0 Å². The molecule has 0 saturated carbocycles. The quantitative estimate of drug-likeness (QED) is 0.465. The Hall–Kier alpha value is -3.20. The normalized spacial score (nSPS) is 14.6. The Labute approximate surface area is 171 Å². The molecule has 1 heterocycles. The first-order chi connectivity index (χ1) is 14.5. The highest BCUT2D eigenvalue weighted by Crippen LogP contribution is 2.30. The molecule has 0 spiro atoms. The van der Waals surface area contributed by atoms with Crippen LogP contribution in [0.25, 0.3) is 10.9 Å². The summed E-state index contributed by atoms with van der Waals surface area (Å²) in [6.45, 7) is -0.645. The minimum absolute atomic E-state index is 0.0471. The van der Waals surface area contributed by atoms with Gasteiger partial charge in [0.15, 0.2) is 0 Å². The summed E-state index contributed by atoms with van der Waals surface area (Å²) in [6.07, 6.45) is 0.850. The fourth-order valence-corrected chi connectivity index (χ4v) is 3.94. The lowest BCUT2D eigenvalue weighted by molar-refractivity contribution is -0.147. The number of benzene rings is 2. The van der Waals surface area contributed by atoms with Gasteiger partial charge in [-0.15, -0.1) is 4.73 Å². The topological polar surface area (TPSA) is 121 Å². The van der Waals surface area contributed by atoms with Crippen molar-refractivity contribution in [1.82, 2.24) is 10.0 Å². The number of carbonyl (C=O) groups is 1. The maximum atomic E-state index is 12.1. The smallest absolute Gasteiger partial charge is 0.358 e. The molecule has 4 rings (SSSR count). The average molecular weight is 410 g/mol. The minimum Gasteiger partial charge on any atom is -0.506 e. The maximum absolute atomic E-state index is 12.1. The summed E-state index contributed by atoms with van der Waals surface area (Å²) in [6, 6.07) is 14.0. The van der Waals surface area contributed by atoms with Gasteiger partial charge in [0.2, 0.25) is 0 Å². The summed E-state index contributed by atoms with van der Waals surface area (Å²) in [5.74, 6) is -1.33. The molecule has 4 N–H and O–H groups in total. The Morgan fingerprint density at radius 3 is 2.50 bits per heavy atom. The van der Waals surface area contributed by atoms with E-state index < -0.39 is 24.2 Å². The van der Waals surface area contributed by atoms with Crippen molar-refractivity contribution in [3.05, 3.63) is 75.6 Å². The summed E-state index contributed by atoms with van der Waals surface area (Å²) >= 11 is 0. The van der Waals surface area contributed by atoms with Crippen molar-refractivity contribution in [2.45, 2.75) is 25.0 Å². The van der Waals surface area contributed by atoms with Crippen LogP contribution in [-0.4, -0.2) is 45.2 Å². The van der Waals surface area contributed by atoms with Crippen molar-refractivity contribution in [3.8, 4) is 5.75 Å². The third-order valence-corrected chi connectivity index (χ3v) is 5.36. The summed E-state index contributed by atoms with van der Waals surface area (Å²) in [7, 11) is 0. The van der Waals surface area contributed by atoms with Crippen molar-refractivity contribution >= 4 is 16.9 Å². The number of carbonyl (C=O) groups excluding carboxylic acids is 1. The van der Waals surface area contributed by atoms with E-state index >= 15 is 0 Å². The predicted octanol–water partition coefficient (Wildman–Crippen LogP) is 0.445. The second-order valence-electron chi connectivity index (χ2n) is 7.32. The molecular weight excluding hydrogens is 388 g/mol.